The molecular formula is C13H14FN3O2. The number of halogens is 1. The summed E-state index contributed by atoms with van der Waals surface area (Å²) < 4.78 is 14.8. The molecule has 0 radical (unpaired) electrons. The van der Waals surface area contributed by atoms with Crippen molar-refractivity contribution < 1.29 is 14.3 Å². The predicted molar refractivity (Wildman–Crippen MR) is 68.7 cm³/mol. The van der Waals surface area contributed by atoms with Crippen LogP contribution in [0.2, 0.25) is 0 Å². The van der Waals surface area contributed by atoms with Crippen molar-refractivity contribution in [1.29, 1.82) is 0 Å². The summed E-state index contributed by atoms with van der Waals surface area (Å²) in [7, 11) is 1.75. The Morgan fingerprint density at radius 1 is 1.42 bits per heavy atom. The summed E-state index contributed by atoms with van der Waals surface area (Å²) in [6, 6.07) is 3.68. The smallest absolute Gasteiger partial charge is 0.259 e. The van der Waals surface area contributed by atoms with Gasteiger partial charge in [0.15, 0.2) is 11.6 Å². The number of amides is 1. The van der Waals surface area contributed by atoms with Crippen LogP contribution in [-0.4, -0.2) is 20.8 Å². The first-order chi connectivity index (χ1) is 8.90. The lowest BCUT2D eigenvalue weighted by Crippen LogP contribution is -2.14. The fourth-order valence-electron chi connectivity index (χ4n) is 1.88. The zero-order valence-corrected chi connectivity index (χ0v) is 10.9. The fraction of sp³-hybridized carbons (Fsp3) is 0.231. The number of aromatic nitrogens is 2. The van der Waals surface area contributed by atoms with Crippen LogP contribution in [0.1, 0.15) is 21.7 Å². The van der Waals surface area contributed by atoms with Crippen molar-refractivity contribution in [1.82, 2.24) is 9.78 Å². The molecular weight excluding hydrogens is 249 g/mol. The van der Waals surface area contributed by atoms with E-state index in [9.17, 15) is 9.18 Å². The molecule has 0 aliphatic heterocycles. The van der Waals surface area contributed by atoms with Crippen molar-refractivity contribution >= 4 is 11.6 Å². The maximum Gasteiger partial charge on any atom is 0.259 e. The number of hydrogen-bond acceptors (Lipinski definition) is 3. The molecule has 1 heterocycles. The number of rotatable bonds is 2. The van der Waals surface area contributed by atoms with E-state index in [0.717, 1.165) is 11.8 Å². The second kappa shape index (κ2) is 4.72. The van der Waals surface area contributed by atoms with Crippen LogP contribution in [0.5, 0.6) is 5.75 Å². The summed E-state index contributed by atoms with van der Waals surface area (Å²) in [6.07, 6.45) is 0. The van der Waals surface area contributed by atoms with Gasteiger partial charge < -0.3 is 10.4 Å². The highest BCUT2D eigenvalue weighted by Crippen LogP contribution is 2.21. The van der Waals surface area contributed by atoms with E-state index >= 15 is 0 Å². The van der Waals surface area contributed by atoms with E-state index in [0.29, 0.717) is 11.3 Å². The summed E-state index contributed by atoms with van der Waals surface area (Å²) in [5.74, 6) is -1.59. The Kier molecular flexibility index (Phi) is 3.25. The molecule has 1 aromatic heterocycles. The molecule has 19 heavy (non-hydrogen) atoms. The van der Waals surface area contributed by atoms with Crippen LogP contribution in [0.4, 0.5) is 10.1 Å². The summed E-state index contributed by atoms with van der Waals surface area (Å²) in [5, 5.41) is 15.8. The number of anilines is 1. The van der Waals surface area contributed by atoms with Crippen LogP contribution in [-0.2, 0) is 7.05 Å². The third-order valence-corrected chi connectivity index (χ3v) is 2.94. The van der Waals surface area contributed by atoms with Crippen molar-refractivity contribution in [2.45, 2.75) is 13.8 Å². The quantitative estimate of drug-likeness (QED) is 0.816. The van der Waals surface area contributed by atoms with Gasteiger partial charge in [-0.25, -0.2) is 4.39 Å². The number of benzene rings is 1. The summed E-state index contributed by atoms with van der Waals surface area (Å²) in [5.41, 5.74) is 2.09. The zero-order chi connectivity index (χ0) is 14.2. The average Bonchev–Trinajstić information content (AvgIpc) is 2.58. The van der Waals surface area contributed by atoms with Crippen molar-refractivity contribution in [3.63, 3.8) is 0 Å². The molecule has 0 fully saturated rings. The number of carbonyl (C=O) groups is 1. The van der Waals surface area contributed by atoms with Crippen LogP contribution in [0.25, 0.3) is 0 Å². The molecule has 0 saturated carbocycles. The molecule has 0 unspecified atom stereocenters. The molecule has 1 aromatic carbocycles. The van der Waals surface area contributed by atoms with Crippen molar-refractivity contribution in [2.75, 3.05) is 5.32 Å². The van der Waals surface area contributed by atoms with E-state index < -0.39 is 11.6 Å². The SMILES string of the molecule is Cc1nn(C)c(C)c1C(=O)Nc1ccc(O)c(F)c1. The predicted octanol–water partition coefficient (Wildman–Crippen LogP) is 2.13. The minimum atomic E-state index is -0.780. The number of nitrogens with zero attached hydrogens (tertiary/aromatic N) is 2. The van der Waals surface area contributed by atoms with Gasteiger partial charge in [-0.3, -0.25) is 9.48 Å². The monoisotopic (exact) mass is 263 g/mol. The molecule has 0 bridgehead atoms. The fourth-order valence-corrected chi connectivity index (χ4v) is 1.88. The van der Waals surface area contributed by atoms with Crippen LogP contribution in [0.15, 0.2) is 18.2 Å². The molecule has 2 aromatic rings. The van der Waals surface area contributed by atoms with Gasteiger partial charge in [0.25, 0.3) is 5.91 Å². The number of phenolic OH excluding ortho intramolecular Hbond substituents is 1. The highest BCUT2D eigenvalue weighted by Gasteiger charge is 2.17. The molecule has 0 aliphatic carbocycles. The highest BCUT2D eigenvalue weighted by atomic mass is 19.1. The van der Waals surface area contributed by atoms with Crippen LogP contribution in [0.3, 0.4) is 0 Å². The lowest BCUT2D eigenvalue weighted by Gasteiger charge is -2.06. The number of nitrogens with one attached hydrogen (secondary N) is 1. The Balaban J connectivity index is 2.28. The molecule has 2 N–H and O–H groups in total. The molecule has 1 amide bonds. The molecule has 0 saturated heterocycles. The summed E-state index contributed by atoms with van der Waals surface area (Å²) in [4.78, 5) is 12.1. The minimum Gasteiger partial charge on any atom is -0.505 e. The summed E-state index contributed by atoms with van der Waals surface area (Å²) >= 11 is 0. The molecule has 0 spiro atoms. The van der Waals surface area contributed by atoms with Gasteiger partial charge in [-0.05, 0) is 26.0 Å². The van der Waals surface area contributed by atoms with Crippen molar-refractivity contribution in [3.05, 3.63) is 41.0 Å². The second-order valence-electron chi connectivity index (χ2n) is 4.29. The van der Waals surface area contributed by atoms with Crippen LogP contribution in [0, 0.1) is 19.7 Å². The number of aryl methyl sites for hydroxylation is 2. The van der Waals surface area contributed by atoms with E-state index in [1.54, 1.807) is 25.6 Å². The minimum absolute atomic E-state index is 0.281. The van der Waals surface area contributed by atoms with Crippen LogP contribution >= 0.6 is 0 Å². The lowest BCUT2D eigenvalue weighted by atomic mass is 10.2. The third-order valence-electron chi connectivity index (χ3n) is 2.94. The van der Waals surface area contributed by atoms with Crippen LogP contribution < -0.4 is 5.32 Å². The molecule has 5 nitrogen and oxygen atoms in total. The van der Waals surface area contributed by atoms with E-state index in [4.69, 9.17) is 5.11 Å². The van der Waals surface area contributed by atoms with Gasteiger partial charge in [-0.15, -0.1) is 0 Å². The first-order valence-electron chi connectivity index (χ1n) is 5.70. The first-order valence-corrected chi connectivity index (χ1v) is 5.70. The standard InChI is InChI=1S/C13H14FN3O2/c1-7-12(8(2)17(3)16-7)13(19)15-9-4-5-11(18)10(14)6-9/h4-6,18H,1-3H3,(H,15,19). The lowest BCUT2D eigenvalue weighted by molar-refractivity contribution is 0.102. The Labute approximate surface area is 109 Å². The molecule has 2 rings (SSSR count). The number of phenols is 1. The van der Waals surface area contributed by atoms with Gasteiger partial charge in [0.05, 0.1) is 11.3 Å². The van der Waals surface area contributed by atoms with Gasteiger partial charge in [0.2, 0.25) is 0 Å². The van der Waals surface area contributed by atoms with E-state index in [2.05, 4.69) is 10.4 Å². The third kappa shape index (κ3) is 2.42. The Bertz CT molecular complexity index is 650. The molecule has 0 aliphatic rings. The van der Waals surface area contributed by atoms with Gasteiger partial charge in [-0.2, -0.15) is 5.10 Å². The molecule has 0 atom stereocenters. The molecule has 100 valence electrons. The van der Waals surface area contributed by atoms with E-state index in [-0.39, 0.29) is 11.6 Å². The normalized spacial score (nSPS) is 10.5. The number of aromatic hydroxyl groups is 1. The topological polar surface area (TPSA) is 67.2 Å². The van der Waals surface area contributed by atoms with E-state index in [1.807, 2.05) is 0 Å². The Hall–Kier alpha value is -2.37. The Morgan fingerprint density at radius 2 is 2.11 bits per heavy atom. The molecule has 6 heteroatoms. The Morgan fingerprint density at radius 3 is 2.63 bits per heavy atom. The average molecular weight is 263 g/mol. The van der Waals surface area contributed by atoms with Gasteiger partial charge >= 0.3 is 0 Å². The van der Waals surface area contributed by atoms with E-state index in [1.165, 1.54) is 12.1 Å². The first kappa shape index (κ1) is 13.1. The largest absolute Gasteiger partial charge is 0.505 e. The maximum absolute atomic E-state index is 13.2. The number of carbonyl (C=O) groups excluding carboxylic acids is 1. The van der Waals surface area contributed by atoms with Gasteiger partial charge in [0, 0.05) is 24.5 Å². The maximum atomic E-state index is 13.2. The van der Waals surface area contributed by atoms with Crippen molar-refractivity contribution in [3.8, 4) is 5.75 Å². The number of hydrogen-bond donors (Lipinski definition) is 2. The second-order valence-corrected chi connectivity index (χ2v) is 4.29. The van der Waals surface area contributed by atoms with Gasteiger partial charge in [0.1, 0.15) is 0 Å². The summed E-state index contributed by atoms with van der Waals surface area (Å²) in [6.45, 7) is 3.52. The highest BCUT2D eigenvalue weighted by molar-refractivity contribution is 6.05. The van der Waals surface area contributed by atoms with Gasteiger partial charge in [-0.1, -0.05) is 0 Å². The van der Waals surface area contributed by atoms with Crippen molar-refractivity contribution in [2.24, 2.45) is 7.05 Å². The zero-order valence-electron chi connectivity index (χ0n) is 10.9.